The largest absolute Gasteiger partial charge is 0.386 e. The van der Waals surface area contributed by atoms with E-state index < -0.39 is 0 Å². The monoisotopic (exact) mass is 297 g/mol. The molecule has 21 heavy (non-hydrogen) atoms. The molecule has 0 heterocycles. The van der Waals surface area contributed by atoms with Crippen molar-refractivity contribution >= 4 is 18.0 Å². The molecule has 0 saturated carbocycles. The number of amides is 2. The summed E-state index contributed by atoms with van der Waals surface area (Å²) in [6.07, 6.45) is 4.12. The highest BCUT2D eigenvalue weighted by molar-refractivity contribution is 5.83. The van der Waals surface area contributed by atoms with Gasteiger partial charge in [-0.15, -0.1) is 0 Å². The highest BCUT2D eigenvalue weighted by Gasteiger charge is 2.24. The van der Waals surface area contributed by atoms with Gasteiger partial charge in [-0.3, -0.25) is 9.59 Å². The van der Waals surface area contributed by atoms with Crippen molar-refractivity contribution in [3.63, 3.8) is 0 Å². The molecule has 2 N–H and O–H groups in total. The summed E-state index contributed by atoms with van der Waals surface area (Å²) in [7, 11) is 0. The van der Waals surface area contributed by atoms with Gasteiger partial charge in [0, 0.05) is 12.0 Å². The molecule has 0 rings (SSSR count). The Labute approximate surface area is 127 Å². The van der Waals surface area contributed by atoms with Crippen LogP contribution in [0.4, 0.5) is 0 Å². The minimum atomic E-state index is -0.390. The van der Waals surface area contributed by atoms with Crippen LogP contribution in [0.25, 0.3) is 0 Å². The number of nitrogens with one attached hydrogen (secondary N) is 2. The molecule has 120 valence electrons. The molecule has 0 bridgehead atoms. The Morgan fingerprint density at radius 2 is 1.95 bits per heavy atom. The first kappa shape index (κ1) is 19.1. The van der Waals surface area contributed by atoms with Crippen LogP contribution in [0.1, 0.15) is 41.0 Å². The second-order valence-corrected chi connectivity index (χ2v) is 5.42. The van der Waals surface area contributed by atoms with E-state index in [4.69, 9.17) is 4.84 Å². The van der Waals surface area contributed by atoms with Gasteiger partial charge in [0.1, 0.15) is 0 Å². The Morgan fingerprint density at radius 1 is 1.29 bits per heavy atom. The minimum absolute atomic E-state index is 0.0315. The highest BCUT2D eigenvalue weighted by Crippen LogP contribution is 2.18. The number of nitrogens with zero attached hydrogens (tertiary/aromatic N) is 1. The number of carbonyl (C=O) groups excluding carboxylic acids is 2. The summed E-state index contributed by atoms with van der Waals surface area (Å²) >= 11 is 0. The fourth-order valence-electron chi connectivity index (χ4n) is 1.12. The average molecular weight is 297 g/mol. The molecular formula is C15H27N3O3. The lowest BCUT2D eigenvalue weighted by Crippen LogP contribution is -2.37. The molecule has 6 heteroatoms. The smallest absolute Gasteiger partial charge is 0.261 e. The molecule has 0 aromatic rings. The van der Waals surface area contributed by atoms with Crippen LogP contribution in [0, 0.1) is 5.41 Å². The van der Waals surface area contributed by atoms with Crippen LogP contribution in [0.3, 0.4) is 0 Å². The third-order valence-corrected chi connectivity index (χ3v) is 3.25. The molecule has 0 radical (unpaired) electrons. The fourth-order valence-corrected chi connectivity index (χ4v) is 1.12. The molecule has 0 saturated heterocycles. The van der Waals surface area contributed by atoms with Crippen LogP contribution in [-0.2, 0) is 14.4 Å². The second kappa shape index (κ2) is 9.96. The van der Waals surface area contributed by atoms with Gasteiger partial charge < -0.3 is 15.5 Å². The lowest BCUT2D eigenvalue weighted by Gasteiger charge is -2.20. The number of oxime groups is 1. The minimum Gasteiger partial charge on any atom is -0.386 e. The molecule has 0 atom stereocenters. The Morgan fingerprint density at radius 3 is 2.52 bits per heavy atom. The van der Waals surface area contributed by atoms with E-state index in [0.717, 1.165) is 12.0 Å². The van der Waals surface area contributed by atoms with E-state index in [0.29, 0.717) is 6.54 Å². The molecule has 0 spiro atoms. The third kappa shape index (κ3) is 8.83. The molecule has 0 aliphatic rings. The summed E-state index contributed by atoms with van der Waals surface area (Å²) in [5, 5.41) is 9.05. The van der Waals surface area contributed by atoms with E-state index >= 15 is 0 Å². The Kier molecular flexibility index (Phi) is 9.08. The van der Waals surface area contributed by atoms with Gasteiger partial charge in [0.2, 0.25) is 5.91 Å². The zero-order chi connectivity index (χ0) is 16.3. The van der Waals surface area contributed by atoms with Crippen molar-refractivity contribution in [2.24, 2.45) is 10.6 Å². The molecule has 6 nitrogen and oxygen atoms in total. The lowest BCUT2D eigenvalue weighted by molar-refractivity contribution is -0.129. The fraction of sp³-hybridized carbons (Fsp3) is 0.667. The number of allylic oxidation sites excluding steroid dienone is 1. The molecule has 0 aromatic carbocycles. The standard InChI is InChI=1S/C15H27N3O3/c1-6-12(3)10-17-13(19)11-21-18-9-8-16-14(20)15(4,5)7-2/h6,9H,7-8,10-11H2,1-5H3,(H,16,20)(H,17,19). The summed E-state index contributed by atoms with van der Waals surface area (Å²) in [6, 6.07) is 0. The van der Waals surface area contributed by atoms with Crippen LogP contribution < -0.4 is 10.6 Å². The Balaban J connectivity index is 3.79. The van der Waals surface area contributed by atoms with Crippen LogP contribution in [0.15, 0.2) is 16.8 Å². The normalized spacial score (nSPS) is 12.3. The number of hydrogen-bond donors (Lipinski definition) is 2. The van der Waals surface area contributed by atoms with E-state index in [1.165, 1.54) is 6.21 Å². The molecule has 0 aliphatic heterocycles. The molecule has 0 unspecified atom stereocenters. The predicted molar refractivity (Wildman–Crippen MR) is 84.0 cm³/mol. The second-order valence-electron chi connectivity index (χ2n) is 5.42. The van der Waals surface area contributed by atoms with Crippen molar-refractivity contribution in [3.05, 3.63) is 11.6 Å². The van der Waals surface area contributed by atoms with Crippen molar-refractivity contribution in [1.82, 2.24) is 10.6 Å². The number of hydrogen-bond acceptors (Lipinski definition) is 4. The van der Waals surface area contributed by atoms with Gasteiger partial charge in [-0.1, -0.05) is 37.6 Å². The first-order valence-electron chi connectivity index (χ1n) is 7.14. The van der Waals surface area contributed by atoms with Gasteiger partial charge in [-0.2, -0.15) is 0 Å². The van der Waals surface area contributed by atoms with Crippen LogP contribution in [-0.4, -0.2) is 37.7 Å². The number of carbonyl (C=O) groups is 2. The van der Waals surface area contributed by atoms with E-state index in [1.54, 1.807) is 0 Å². The Bertz CT molecular complexity index is 401. The maximum Gasteiger partial charge on any atom is 0.261 e. The summed E-state index contributed by atoms with van der Waals surface area (Å²) in [4.78, 5) is 27.9. The van der Waals surface area contributed by atoms with Gasteiger partial charge in [-0.05, 0) is 20.3 Å². The zero-order valence-electron chi connectivity index (χ0n) is 13.7. The van der Waals surface area contributed by atoms with Crippen LogP contribution in [0.5, 0.6) is 0 Å². The number of rotatable bonds is 9. The third-order valence-electron chi connectivity index (χ3n) is 3.25. The van der Waals surface area contributed by atoms with Crippen LogP contribution in [0.2, 0.25) is 0 Å². The SMILES string of the molecule is CC=C(C)CNC(=O)CON=CCNC(=O)C(C)(C)CC. The highest BCUT2D eigenvalue weighted by atomic mass is 16.6. The van der Waals surface area contributed by atoms with Crippen molar-refractivity contribution in [2.75, 3.05) is 19.7 Å². The summed E-state index contributed by atoms with van der Waals surface area (Å²) < 4.78 is 0. The Hall–Kier alpha value is -1.85. The van der Waals surface area contributed by atoms with E-state index in [9.17, 15) is 9.59 Å². The summed E-state index contributed by atoms with van der Waals surface area (Å²) in [5.41, 5.74) is 0.687. The predicted octanol–water partition coefficient (Wildman–Crippen LogP) is 1.62. The topological polar surface area (TPSA) is 79.8 Å². The molecule has 0 aliphatic carbocycles. The van der Waals surface area contributed by atoms with Crippen molar-refractivity contribution in [2.45, 2.75) is 41.0 Å². The van der Waals surface area contributed by atoms with Gasteiger partial charge in [0.25, 0.3) is 5.91 Å². The first-order chi connectivity index (χ1) is 9.83. The molecule has 0 aromatic heterocycles. The molecular weight excluding hydrogens is 270 g/mol. The maximum absolute atomic E-state index is 11.7. The van der Waals surface area contributed by atoms with E-state index in [1.807, 2.05) is 40.7 Å². The quantitative estimate of drug-likeness (QED) is 0.385. The van der Waals surface area contributed by atoms with Gasteiger partial charge in [-0.25, -0.2) is 0 Å². The molecule has 0 fully saturated rings. The zero-order valence-corrected chi connectivity index (χ0v) is 13.7. The van der Waals surface area contributed by atoms with Crippen molar-refractivity contribution < 1.29 is 14.4 Å². The lowest BCUT2D eigenvalue weighted by atomic mass is 9.89. The first-order valence-corrected chi connectivity index (χ1v) is 7.14. The van der Waals surface area contributed by atoms with Crippen LogP contribution >= 0.6 is 0 Å². The van der Waals surface area contributed by atoms with Gasteiger partial charge in [0.15, 0.2) is 6.61 Å². The molecule has 2 amide bonds. The van der Waals surface area contributed by atoms with Crippen molar-refractivity contribution in [1.29, 1.82) is 0 Å². The maximum atomic E-state index is 11.7. The summed E-state index contributed by atoms with van der Waals surface area (Å²) in [5.74, 6) is -0.263. The van der Waals surface area contributed by atoms with Gasteiger partial charge >= 0.3 is 0 Å². The summed E-state index contributed by atoms with van der Waals surface area (Å²) in [6.45, 7) is 10.2. The van der Waals surface area contributed by atoms with Crippen molar-refractivity contribution in [3.8, 4) is 0 Å². The van der Waals surface area contributed by atoms with E-state index in [2.05, 4.69) is 15.8 Å². The average Bonchev–Trinajstić information content (AvgIpc) is 2.47. The van der Waals surface area contributed by atoms with E-state index in [-0.39, 0.29) is 30.4 Å². The van der Waals surface area contributed by atoms with Gasteiger partial charge in [0.05, 0.1) is 12.8 Å².